The van der Waals surface area contributed by atoms with Crippen molar-refractivity contribution in [1.82, 2.24) is 9.97 Å². The molecule has 1 aliphatic rings. The summed E-state index contributed by atoms with van der Waals surface area (Å²) in [6.45, 7) is 10.4. The summed E-state index contributed by atoms with van der Waals surface area (Å²) in [6, 6.07) is 0. The van der Waals surface area contributed by atoms with Crippen molar-refractivity contribution in [1.29, 1.82) is 0 Å². The Hall–Kier alpha value is -1.32. The quantitative estimate of drug-likeness (QED) is 0.792. The van der Waals surface area contributed by atoms with Gasteiger partial charge in [0.15, 0.2) is 0 Å². The van der Waals surface area contributed by atoms with Gasteiger partial charge in [-0.3, -0.25) is 0 Å². The summed E-state index contributed by atoms with van der Waals surface area (Å²) < 4.78 is 0. The lowest BCUT2D eigenvalue weighted by Gasteiger charge is -2.25. The van der Waals surface area contributed by atoms with Gasteiger partial charge in [-0.15, -0.1) is 0 Å². The minimum Gasteiger partial charge on any atom is -0.370 e. The van der Waals surface area contributed by atoms with E-state index >= 15 is 0 Å². The molecule has 0 bridgehead atoms. The number of rotatable bonds is 7. The van der Waals surface area contributed by atoms with Crippen LogP contribution in [0.4, 0.5) is 11.6 Å². The van der Waals surface area contributed by atoms with E-state index in [1.807, 2.05) is 0 Å². The highest BCUT2D eigenvalue weighted by Crippen LogP contribution is 2.29. The van der Waals surface area contributed by atoms with Crippen molar-refractivity contribution in [2.24, 2.45) is 5.92 Å². The van der Waals surface area contributed by atoms with Gasteiger partial charge in [0.25, 0.3) is 0 Å². The lowest BCUT2D eigenvalue weighted by molar-refractivity contribution is 0.303. The van der Waals surface area contributed by atoms with Gasteiger partial charge in [0, 0.05) is 24.6 Å². The molecule has 20 heavy (non-hydrogen) atoms. The van der Waals surface area contributed by atoms with Crippen LogP contribution in [0, 0.1) is 12.8 Å². The van der Waals surface area contributed by atoms with Crippen molar-refractivity contribution in [2.45, 2.75) is 59.3 Å². The average Bonchev–Trinajstić information content (AvgIpc) is 2.36. The Balaban J connectivity index is 2.07. The molecule has 1 aromatic rings. The Labute approximate surface area is 122 Å². The summed E-state index contributed by atoms with van der Waals surface area (Å²) in [5.41, 5.74) is 1.13. The van der Waals surface area contributed by atoms with Crippen molar-refractivity contribution in [3.05, 3.63) is 11.4 Å². The Morgan fingerprint density at radius 3 is 2.30 bits per heavy atom. The third-order valence-corrected chi connectivity index (χ3v) is 4.09. The molecule has 1 aliphatic carbocycles. The SMILES string of the molecule is CCNc1nc(C(C)C)nc(NCCC2CCC2)c1C. The minimum absolute atomic E-state index is 0.347. The van der Waals surface area contributed by atoms with E-state index in [2.05, 4.69) is 43.3 Å². The van der Waals surface area contributed by atoms with E-state index < -0.39 is 0 Å². The largest absolute Gasteiger partial charge is 0.370 e. The second-order valence-electron chi connectivity index (χ2n) is 6.10. The number of anilines is 2. The van der Waals surface area contributed by atoms with Crippen LogP contribution in [0.3, 0.4) is 0 Å². The van der Waals surface area contributed by atoms with Crippen molar-refractivity contribution in [3.8, 4) is 0 Å². The second kappa shape index (κ2) is 6.91. The predicted molar refractivity (Wildman–Crippen MR) is 85.5 cm³/mol. The van der Waals surface area contributed by atoms with Crippen LogP contribution in [-0.4, -0.2) is 23.1 Å². The molecule has 1 aromatic heterocycles. The topological polar surface area (TPSA) is 49.8 Å². The normalized spacial score (nSPS) is 15.2. The highest BCUT2D eigenvalue weighted by Gasteiger charge is 2.17. The van der Waals surface area contributed by atoms with Crippen LogP contribution in [0.2, 0.25) is 0 Å². The molecule has 1 fully saturated rings. The Kier molecular flexibility index (Phi) is 5.21. The zero-order valence-corrected chi connectivity index (χ0v) is 13.3. The van der Waals surface area contributed by atoms with Gasteiger partial charge in [0.2, 0.25) is 0 Å². The molecule has 0 amide bonds. The lowest BCUT2D eigenvalue weighted by Crippen LogP contribution is -2.17. The molecule has 0 aromatic carbocycles. The highest BCUT2D eigenvalue weighted by atomic mass is 15.1. The van der Waals surface area contributed by atoms with Crippen LogP contribution in [0.15, 0.2) is 0 Å². The first-order chi connectivity index (χ1) is 9.61. The molecule has 2 rings (SSSR count). The molecule has 4 nitrogen and oxygen atoms in total. The summed E-state index contributed by atoms with van der Waals surface area (Å²) in [6.07, 6.45) is 5.49. The van der Waals surface area contributed by atoms with Crippen LogP contribution in [0.25, 0.3) is 0 Å². The zero-order chi connectivity index (χ0) is 14.5. The van der Waals surface area contributed by atoms with Gasteiger partial charge in [0.05, 0.1) is 0 Å². The average molecular weight is 276 g/mol. The highest BCUT2D eigenvalue weighted by molar-refractivity contribution is 5.57. The van der Waals surface area contributed by atoms with Crippen LogP contribution >= 0.6 is 0 Å². The Morgan fingerprint density at radius 1 is 1.15 bits per heavy atom. The molecule has 1 heterocycles. The third-order valence-electron chi connectivity index (χ3n) is 4.09. The van der Waals surface area contributed by atoms with Crippen molar-refractivity contribution in [3.63, 3.8) is 0 Å². The monoisotopic (exact) mass is 276 g/mol. The van der Waals surface area contributed by atoms with Crippen molar-refractivity contribution in [2.75, 3.05) is 23.7 Å². The van der Waals surface area contributed by atoms with Gasteiger partial charge in [-0.05, 0) is 26.2 Å². The molecule has 4 heteroatoms. The van der Waals surface area contributed by atoms with Gasteiger partial charge in [0.1, 0.15) is 17.5 Å². The fraction of sp³-hybridized carbons (Fsp3) is 0.750. The van der Waals surface area contributed by atoms with E-state index in [4.69, 9.17) is 4.98 Å². The maximum Gasteiger partial charge on any atom is 0.135 e. The van der Waals surface area contributed by atoms with Crippen molar-refractivity contribution < 1.29 is 0 Å². The maximum atomic E-state index is 4.69. The Bertz CT molecular complexity index is 438. The zero-order valence-electron chi connectivity index (χ0n) is 13.3. The minimum atomic E-state index is 0.347. The molecule has 0 unspecified atom stereocenters. The third kappa shape index (κ3) is 3.62. The molecule has 2 N–H and O–H groups in total. The summed E-state index contributed by atoms with van der Waals surface area (Å²) in [4.78, 5) is 9.32. The molecule has 1 saturated carbocycles. The van der Waals surface area contributed by atoms with Gasteiger partial charge in [-0.25, -0.2) is 9.97 Å². The number of nitrogens with zero attached hydrogens (tertiary/aromatic N) is 2. The van der Waals surface area contributed by atoms with Crippen LogP contribution in [0.5, 0.6) is 0 Å². The number of hydrogen-bond donors (Lipinski definition) is 2. The van der Waals surface area contributed by atoms with E-state index in [9.17, 15) is 0 Å². The Morgan fingerprint density at radius 2 is 1.80 bits per heavy atom. The van der Waals surface area contributed by atoms with Gasteiger partial charge in [-0.2, -0.15) is 0 Å². The second-order valence-corrected chi connectivity index (χ2v) is 6.10. The van der Waals surface area contributed by atoms with E-state index in [1.54, 1.807) is 0 Å². The number of nitrogens with one attached hydrogen (secondary N) is 2. The summed E-state index contributed by atoms with van der Waals surface area (Å²) >= 11 is 0. The summed E-state index contributed by atoms with van der Waals surface area (Å²) in [5, 5.41) is 6.86. The van der Waals surface area contributed by atoms with Gasteiger partial charge in [-0.1, -0.05) is 33.1 Å². The fourth-order valence-electron chi connectivity index (χ4n) is 2.48. The van der Waals surface area contributed by atoms with E-state index in [1.165, 1.54) is 25.7 Å². The smallest absolute Gasteiger partial charge is 0.135 e. The van der Waals surface area contributed by atoms with Crippen molar-refractivity contribution >= 4 is 11.6 Å². The lowest BCUT2D eigenvalue weighted by atomic mass is 9.83. The summed E-state index contributed by atoms with van der Waals surface area (Å²) in [5.74, 6) is 4.16. The van der Waals surface area contributed by atoms with E-state index in [0.29, 0.717) is 5.92 Å². The standard InChI is InChI=1S/C16H28N4/c1-5-17-15-12(4)16(20-14(19-15)11(2)3)18-10-9-13-7-6-8-13/h11,13H,5-10H2,1-4H3,(H2,17,18,19,20). The molecular formula is C16H28N4. The fourth-order valence-corrected chi connectivity index (χ4v) is 2.48. The number of aromatic nitrogens is 2. The van der Waals surface area contributed by atoms with Crippen LogP contribution in [-0.2, 0) is 0 Å². The molecular weight excluding hydrogens is 248 g/mol. The first-order valence-corrected chi connectivity index (χ1v) is 7.98. The molecule has 0 aliphatic heterocycles. The molecule has 112 valence electrons. The van der Waals surface area contributed by atoms with E-state index in [-0.39, 0.29) is 0 Å². The number of hydrogen-bond acceptors (Lipinski definition) is 4. The predicted octanol–water partition coefficient (Wildman–Crippen LogP) is 3.94. The summed E-state index contributed by atoms with van der Waals surface area (Å²) in [7, 11) is 0. The molecule has 0 saturated heterocycles. The first-order valence-electron chi connectivity index (χ1n) is 7.98. The maximum absolute atomic E-state index is 4.69. The van der Waals surface area contributed by atoms with Gasteiger partial charge >= 0.3 is 0 Å². The molecule has 0 radical (unpaired) electrons. The first kappa shape index (κ1) is 15.1. The molecule has 0 spiro atoms. The molecule has 0 atom stereocenters. The van der Waals surface area contributed by atoms with E-state index in [0.717, 1.165) is 42.0 Å². The van der Waals surface area contributed by atoms with Crippen LogP contribution < -0.4 is 10.6 Å². The van der Waals surface area contributed by atoms with Gasteiger partial charge < -0.3 is 10.6 Å². The van der Waals surface area contributed by atoms with Crippen LogP contribution in [0.1, 0.15) is 63.8 Å².